The Morgan fingerprint density at radius 3 is 2.41 bits per heavy atom. The summed E-state index contributed by atoms with van der Waals surface area (Å²) in [5.41, 5.74) is 13.1. The van der Waals surface area contributed by atoms with Crippen molar-refractivity contribution in [3.63, 3.8) is 0 Å². The number of benzene rings is 1. The average molecular weight is 307 g/mol. The summed E-state index contributed by atoms with van der Waals surface area (Å²) in [6.07, 6.45) is 4.04. The van der Waals surface area contributed by atoms with Crippen molar-refractivity contribution in [3.05, 3.63) is 35.9 Å². The zero-order valence-corrected chi connectivity index (χ0v) is 13.4. The fraction of sp³-hybridized carbons (Fsp3) is 0.625. The van der Waals surface area contributed by atoms with Gasteiger partial charge in [-0.3, -0.25) is 4.90 Å². The molecule has 0 spiro atoms. The van der Waals surface area contributed by atoms with E-state index in [0.29, 0.717) is 12.9 Å². The van der Waals surface area contributed by atoms with Crippen LogP contribution in [0.1, 0.15) is 31.2 Å². The first-order valence-corrected chi connectivity index (χ1v) is 8.20. The molecule has 1 aromatic rings. The van der Waals surface area contributed by atoms with Crippen LogP contribution in [0.3, 0.4) is 0 Å². The minimum atomic E-state index is -1.19. The second-order valence-corrected chi connectivity index (χ2v) is 5.86. The summed E-state index contributed by atoms with van der Waals surface area (Å²) in [5.74, 6) is 0. The predicted molar refractivity (Wildman–Crippen MR) is 92.2 cm³/mol. The Bertz CT molecular complexity index is 379. The van der Waals surface area contributed by atoms with Gasteiger partial charge in [-0.2, -0.15) is 0 Å². The van der Waals surface area contributed by atoms with Gasteiger partial charge in [0, 0.05) is 32.2 Å². The lowest BCUT2D eigenvalue weighted by Crippen LogP contribution is -2.33. The van der Waals surface area contributed by atoms with E-state index < -0.39 is 7.12 Å². The zero-order valence-electron chi connectivity index (χ0n) is 13.4. The van der Waals surface area contributed by atoms with E-state index in [4.69, 9.17) is 21.5 Å². The Balaban J connectivity index is 2.25. The Kier molecular flexibility index (Phi) is 10.1. The molecule has 1 rings (SSSR count). The van der Waals surface area contributed by atoms with Crippen molar-refractivity contribution in [1.82, 2.24) is 4.90 Å². The van der Waals surface area contributed by atoms with Crippen LogP contribution in [-0.4, -0.2) is 47.7 Å². The number of nitrogens with zero attached hydrogens (tertiary/aromatic N) is 1. The van der Waals surface area contributed by atoms with E-state index in [0.717, 1.165) is 45.3 Å². The lowest BCUT2D eigenvalue weighted by Gasteiger charge is -2.23. The van der Waals surface area contributed by atoms with E-state index >= 15 is 0 Å². The normalized spacial score (nSPS) is 12.6. The summed E-state index contributed by atoms with van der Waals surface area (Å²) in [4.78, 5) is 2.34. The maximum absolute atomic E-state index is 8.80. The van der Waals surface area contributed by atoms with Crippen molar-refractivity contribution >= 4 is 7.12 Å². The quantitative estimate of drug-likeness (QED) is 0.338. The van der Waals surface area contributed by atoms with Crippen LogP contribution in [0.15, 0.2) is 30.3 Å². The van der Waals surface area contributed by atoms with Gasteiger partial charge in [-0.1, -0.05) is 43.2 Å². The van der Waals surface area contributed by atoms with Gasteiger partial charge in [0.25, 0.3) is 0 Å². The molecule has 6 heteroatoms. The van der Waals surface area contributed by atoms with Crippen molar-refractivity contribution in [2.45, 2.75) is 44.6 Å². The van der Waals surface area contributed by atoms with Gasteiger partial charge in [0.1, 0.15) is 0 Å². The van der Waals surface area contributed by atoms with Crippen LogP contribution >= 0.6 is 0 Å². The van der Waals surface area contributed by atoms with Crippen LogP contribution in [-0.2, 0) is 6.54 Å². The van der Waals surface area contributed by atoms with Crippen LogP contribution < -0.4 is 11.5 Å². The smallest absolute Gasteiger partial charge is 0.427 e. The highest BCUT2D eigenvalue weighted by atomic mass is 16.4. The molecular weight excluding hydrogens is 277 g/mol. The molecule has 0 saturated carbocycles. The van der Waals surface area contributed by atoms with Gasteiger partial charge in [0.05, 0.1) is 0 Å². The lowest BCUT2D eigenvalue weighted by molar-refractivity contribution is 0.259. The minimum absolute atomic E-state index is 0.159. The van der Waals surface area contributed by atoms with Crippen molar-refractivity contribution < 1.29 is 10.0 Å². The molecule has 124 valence electrons. The third kappa shape index (κ3) is 9.17. The van der Waals surface area contributed by atoms with Crippen molar-refractivity contribution in [3.8, 4) is 0 Å². The van der Waals surface area contributed by atoms with Gasteiger partial charge < -0.3 is 21.5 Å². The highest BCUT2D eigenvalue weighted by molar-refractivity contribution is 6.40. The Hall–Kier alpha value is -0.915. The van der Waals surface area contributed by atoms with Gasteiger partial charge >= 0.3 is 7.12 Å². The van der Waals surface area contributed by atoms with Gasteiger partial charge in [-0.15, -0.1) is 0 Å². The number of nitrogens with two attached hydrogens (primary N) is 2. The van der Waals surface area contributed by atoms with Gasteiger partial charge in [0.2, 0.25) is 0 Å². The summed E-state index contributed by atoms with van der Waals surface area (Å²) in [6, 6.07) is 10.5. The van der Waals surface area contributed by atoms with Crippen LogP contribution in [0.25, 0.3) is 0 Å². The molecule has 1 atom stereocenters. The first kappa shape index (κ1) is 19.1. The number of rotatable bonds is 12. The molecule has 0 fully saturated rings. The average Bonchev–Trinajstić information content (AvgIpc) is 2.50. The van der Waals surface area contributed by atoms with Crippen molar-refractivity contribution in [2.75, 3.05) is 19.6 Å². The first-order valence-electron chi connectivity index (χ1n) is 8.20. The summed E-state index contributed by atoms with van der Waals surface area (Å²) in [7, 11) is -1.19. The second kappa shape index (κ2) is 11.6. The Morgan fingerprint density at radius 2 is 1.77 bits per heavy atom. The molecular formula is C16H30BN3O2. The van der Waals surface area contributed by atoms with Crippen LogP contribution in [0.5, 0.6) is 0 Å². The van der Waals surface area contributed by atoms with Gasteiger partial charge in [0.15, 0.2) is 0 Å². The van der Waals surface area contributed by atoms with E-state index in [2.05, 4.69) is 29.2 Å². The third-order valence-electron chi connectivity index (χ3n) is 3.80. The van der Waals surface area contributed by atoms with E-state index in [1.54, 1.807) is 0 Å². The Labute approximate surface area is 134 Å². The molecule has 0 radical (unpaired) electrons. The maximum Gasteiger partial charge on any atom is 0.451 e. The first-order chi connectivity index (χ1) is 10.6. The van der Waals surface area contributed by atoms with Crippen LogP contribution in [0.2, 0.25) is 6.32 Å². The SMILES string of the molecule is NCCN(CCC(N)CCCCB(O)O)Cc1ccccc1. The molecule has 1 aromatic carbocycles. The number of unbranched alkanes of at least 4 members (excludes halogenated alkanes) is 1. The highest BCUT2D eigenvalue weighted by Gasteiger charge is 2.10. The molecule has 1 unspecified atom stereocenters. The molecule has 0 amide bonds. The fourth-order valence-corrected chi connectivity index (χ4v) is 2.52. The molecule has 0 saturated heterocycles. The zero-order chi connectivity index (χ0) is 16.2. The molecule has 0 aromatic heterocycles. The summed E-state index contributed by atoms with van der Waals surface area (Å²) in [6.45, 7) is 3.37. The predicted octanol–water partition coefficient (Wildman–Crippen LogP) is 0.808. The molecule has 0 bridgehead atoms. The van der Waals surface area contributed by atoms with E-state index in [9.17, 15) is 0 Å². The summed E-state index contributed by atoms with van der Waals surface area (Å²) < 4.78 is 0. The lowest BCUT2D eigenvalue weighted by atomic mass is 9.83. The van der Waals surface area contributed by atoms with Gasteiger partial charge in [-0.25, -0.2) is 0 Å². The molecule has 0 aliphatic rings. The maximum atomic E-state index is 8.80. The molecule has 22 heavy (non-hydrogen) atoms. The molecule has 6 N–H and O–H groups in total. The fourth-order valence-electron chi connectivity index (χ4n) is 2.52. The monoisotopic (exact) mass is 307 g/mol. The summed E-state index contributed by atoms with van der Waals surface area (Å²) >= 11 is 0. The van der Waals surface area contributed by atoms with Crippen LogP contribution in [0, 0.1) is 0 Å². The standard InChI is InChI=1S/C16H30BN3O2/c18-11-13-20(14-15-6-2-1-3-7-15)12-9-16(19)8-4-5-10-17(21)22/h1-3,6-7,16,21-22H,4-5,8-14,18-19H2. The topological polar surface area (TPSA) is 95.7 Å². The Morgan fingerprint density at radius 1 is 1.05 bits per heavy atom. The summed E-state index contributed by atoms with van der Waals surface area (Å²) in [5, 5.41) is 17.6. The molecule has 0 aliphatic heterocycles. The minimum Gasteiger partial charge on any atom is -0.427 e. The third-order valence-corrected chi connectivity index (χ3v) is 3.80. The highest BCUT2D eigenvalue weighted by Crippen LogP contribution is 2.09. The molecule has 5 nitrogen and oxygen atoms in total. The van der Waals surface area contributed by atoms with E-state index in [1.165, 1.54) is 5.56 Å². The number of hydrogen-bond acceptors (Lipinski definition) is 5. The molecule has 0 heterocycles. The van der Waals surface area contributed by atoms with E-state index in [1.807, 2.05) is 6.07 Å². The van der Waals surface area contributed by atoms with Crippen LogP contribution in [0.4, 0.5) is 0 Å². The number of hydrogen-bond donors (Lipinski definition) is 4. The second-order valence-electron chi connectivity index (χ2n) is 5.86. The largest absolute Gasteiger partial charge is 0.451 e. The molecule has 0 aliphatic carbocycles. The van der Waals surface area contributed by atoms with E-state index in [-0.39, 0.29) is 6.04 Å². The van der Waals surface area contributed by atoms with Crippen molar-refractivity contribution in [2.24, 2.45) is 11.5 Å². The van der Waals surface area contributed by atoms with Crippen molar-refractivity contribution in [1.29, 1.82) is 0 Å². The van der Waals surface area contributed by atoms with Gasteiger partial charge in [-0.05, 0) is 24.7 Å².